The summed E-state index contributed by atoms with van der Waals surface area (Å²) in [7, 11) is 0. The molecule has 0 saturated heterocycles. The molecule has 0 nitrogen and oxygen atoms in total. The third-order valence-electron chi connectivity index (χ3n) is 3.40. The third-order valence-corrected chi connectivity index (χ3v) is 9.58. The molecule has 0 spiro atoms. The van der Waals surface area contributed by atoms with Crippen molar-refractivity contribution in [3.8, 4) is 0 Å². The fourth-order valence-corrected chi connectivity index (χ4v) is 4.98. The van der Waals surface area contributed by atoms with Crippen LogP contribution in [0.3, 0.4) is 0 Å². The molecule has 0 radical (unpaired) electrons. The van der Waals surface area contributed by atoms with Crippen LogP contribution in [0.4, 0.5) is 0 Å². The number of rotatable bonds is 1. The van der Waals surface area contributed by atoms with Crippen LogP contribution in [0.25, 0.3) is 6.08 Å². The van der Waals surface area contributed by atoms with Crippen molar-refractivity contribution >= 4 is 6.08 Å². The summed E-state index contributed by atoms with van der Waals surface area (Å²) in [6, 6.07) is 6.89. The van der Waals surface area contributed by atoms with Crippen LogP contribution < -0.4 is 0 Å². The first-order chi connectivity index (χ1) is 6.54. The summed E-state index contributed by atoms with van der Waals surface area (Å²) in [4.78, 5) is 0. The standard InChI is InChI=1S/C11H11.2CH3.Zr/c1-8-3-6-11-9(2)4-5-10(11)7-8;;;/h3-7H,1-2H3;2*1H3;. The zero-order valence-electron chi connectivity index (χ0n) is 9.39. The number of allylic oxidation sites excluding steroid dienone is 1. The van der Waals surface area contributed by atoms with Gasteiger partial charge in [0.25, 0.3) is 0 Å². The molecular weight excluding hydrogens is 247 g/mol. The maximum atomic E-state index is 2.49. The van der Waals surface area contributed by atoms with E-state index in [2.05, 4.69) is 53.5 Å². The predicted octanol–water partition coefficient (Wildman–Crippen LogP) is 3.95. The van der Waals surface area contributed by atoms with E-state index in [0.717, 1.165) is 0 Å². The molecular formula is C13H17Zr. The van der Waals surface area contributed by atoms with E-state index in [0.29, 0.717) is 3.12 Å². The zero-order chi connectivity index (χ0) is 10.3. The van der Waals surface area contributed by atoms with Gasteiger partial charge < -0.3 is 0 Å². The Morgan fingerprint density at radius 2 is 1.93 bits per heavy atom. The number of fused-ring (bicyclic) bond motifs is 1. The summed E-state index contributed by atoms with van der Waals surface area (Å²) in [6.07, 6.45) is 4.75. The Morgan fingerprint density at radius 3 is 2.57 bits per heavy atom. The number of benzene rings is 1. The second-order valence-electron chi connectivity index (χ2n) is 4.63. The molecule has 1 aliphatic rings. The molecule has 1 aromatic rings. The molecule has 0 N–H and O–H groups in total. The Morgan fingerprint density at radius 1 is 1.21 bits per heavy atom. The van der Waals surface area contributed by atoms with Crippen LogP contribution in [0, 0.1) is 6.92 Å². The summed E-state index contributed by atoms with van der Waals surface area (Å²) in [6.45, 7) is 4.58. The summed E-state index contributed by atoms with van der Waals surface area (Å²) in [5.74, 6) is 0. The van der Waals surface area contributed by atoms with E-state index >= 15 is 0 Å². The van der Waals surface area contributed by atoms with Gasteiger partial charge in [0.2, 0.25) is 0 Å². The molecule has 0 aliphatic heterocycles. The van der Waals surface area contributed by atoms with Crippen LogP contribution >= 0.6 is 0 Å². The van der Waals surface area contributed by atoms with Gasteiger partial charge in [0.15, 0.2) is 0 Å². The molecule has 14 heavy (non-hydrogen) atoms. The molecule has 1 aliphatic carbocycles. The molecule has 0 amide bonds. The topological polar surface area (TPSA) is 0 Å². The van der Waals surface area contributed by atoms with E-state index in [-0.39, 0.29) is 0 Å². The van der Waals surface area contributed by atoms with Crippen LogP contribution in [0.15, 0.2) is 24.3 Å². The quantitative estimate of drug-likeness (QED) is 0.720. The molecule has 73 valence electrons. The van der Waals surface area contributed by atoms with Crippen LogP contribution in [0.2, 0.25) is 9.26 Å². The van der Waals surface area contributed by atoms with E-state index in [9.17, 15) is 0 Å². The SMILES string of the molecule is Cc1ccc2c(c1)C=C[C]2(C)[Zr]([CH3])[CH3]. The monoisotopic (exact) mass is 263 g/mol. The number of hydrogen-bond donors (Lipinski definition) is 0. The summed E-state index contributed by atoms with van der Waals surface area (Å²) in [5.41, 5.74) is 4.40. The third kappa shape index (κ3) is 1.46. The molecule has 0 heterocycles. The molecule has 0 bridgehead atoms. The molecule has 2 rings (SSSR count). The van der Waals surface area contributed by atoms with Gasteiger partial charge in [0, 0.05) is 0 Å². The van der Waals surface area contributed by atoms with Gasteiger partial charge in [-0.05, 0) is 0 Å². The van der Waals surface area contributed by atoms with Gasteiger partial charge in [-0.3, -0.25) is 0 Å². The molecule has 1 aromatic carbocycles. The molecule has 1 atom stereocenters. The Hall–Kier alpha value is -0.157. The van der Waals surface area contributed by atoms with Crippen molar-refractivity contribution in [2.24, 2.45) is 0 Å². The van der Waals surface area contributed by atoms with Gasteiger partial charge in [-0.1, -0.05) is 0 Å². The molecule has 0 fully saturated rings. The second kappa shape index (κ2) is 3.45. The zero-order valence-corrected chi connectivity index (χ0v) is 11.8. The Balaban J connectivity index is 2.55. The van der Waals surface area contributed by atoms with Crippen LogP contribution in [0.1, 0.15) is 23.6 Å². The van der Waals surface area contributed by atoms with Gasteiger partial charge in [-0.25, -0.2) is 0 Å². The first-order valence-electron chi connectivity index (χ1n) is 5.15. The average Bonchev–Trinajstić information content (AvgIpc) is 2.45. The van der Waals surface area contributed by atoms with Gasteiger partial charge in [-0.15, -0.1) is 0 Å². The van der Waals surface area contributed by atoms with Gasteiger partial charge >= 0.3 is 95.0 Å². The van der Waals surface area contributed by atoms with Gasteiger partial charge in [0.05, 0.1) is 0 Å². The van der Waals surface area contributed by atoms with E-state index in [4.69, 9.17) is 0 Å². The number of hydrogen-bond acceptors (Lipinski definition) is 0. The molecule has 1 heteroatoms. The molecule has 1 unspecified atom stereocenters. The minimum absolute atomic E-state index is 0.436. The van der Waals surface area contributed by atoms with E-state index in [1.165, 1.54) is 11.1 Å². The van der Waals surface area contributed by atoms with Crippen molar-refractivity contribution in [1.82, 2.24) is 0 Å². The predicted molar refractivity (Wildman–Crippen MR) is 59.3 cm³/mol. The van der Waals surface area contributed by atoms with E-state index < -0.39 is 21.8 Å². The summed E-state index contributed by atoms with van der Waals surface area (Å²) >= 11 is -1.23. The van der Waals surface area contributed by atoms with E-state index in [1.54, 1.807) is 5.56 Å². The van der Waals surface area contributed by atoms with Crippen molar-refractivity contribution < 1.29 is 21.8 Å². The first-order valence-corrected chi connectivity index (χ1v) is 11.3. The average molecular weight is 265 g/mol. The summed E-state index contributed by atoms with van der Waals surface area (Å²) in [5, 5.41) is 0. The molecule has 0 aromatic heterocycles. The molecule has 0 saturated carbocycles. The Bertz CT molecular complexity index is 390. The fraction of sp³-hybridized carbons (Fsp3) is 0.385. The van der Waals surface area contributed by atoms with Gasteiger partial charge in [0.1, 0.15) is 0 Å². The van der Waals surface area contributed by atoms with Gasteiger partial charge in [-0.2, -0.15) is 0 Å². The van der Waals surface area contributed by atoms with Crippen molar-refractivity contribution in [3.63, 3.8) is 0 Å². The van der Waals surface area contributed by atoms with Crippen LogP contribution in [0.5, 0.6) is 0 Å². The number of aryl methyl sites for hydroxylation is 1. The van der Waals surface area contributed by atoms with Crippen molar-refractivity contribution in [2.45, 2.75) is 26.2 Å². The summed E-state index contributed by atoms with van der Waals surface area (Å²) < 4.78 is 5.41. The second-order valence-corrected chi connectivity index (χ2v) is 12.1. The Labute approximate surface area is 94.7 Å². The fourth-order valence-electron chi connectivity index (χ4n) is 2.08. The Kier molecular flexibility index (Phi) is 2.56. The van der Waals surface area contributed by atoms with Crippen LogP contribution in [-0.4, -0.2) is 0 Å². The van der Waals surface area contributed by atoms with Crippen molar-refractivity contribution in [1.29, 1.82) is 0 Å². The van der Waals surface area contributed by atoms with Crippen LogP contribution in [-0.2, 0) is 24.9 Å². The van der Waals surface area contributed by atoms with Crippen molar-refractivity contribution in [3.05, 3.63) is 41.0 Å². The van der Waals surface area contributed by atoms with E-state index in [1.807, 2.05) is 0 Å². The minimum atomic E-state index is -1.23. The first kappa shape index (κ1) is 10.4. The normalized spacial score (nSPS) is 23.7. The maximum absolute atomic E-state index is 2.49. The van der Waals surface area contributed by atoms with Crippen molar-refractivity contribution in [2.75, 3.05) is 0 Å².